The number of ketones is 1. The number of carbonyl (C=O) groups excluding carboxylic acids is 1. The second-order valence-corrected chi connectivity index (χ2v) is 3.67. The number of rotatable bonds is 4. The molecule has 0 unspecified atom stereocenters. The van der Waals surface area contributed by atoms with E-state index in [2.05, 4.69) is 0 Å². The number of aromatic nitrogens is 1. The molecule has 1 heterocycles. The molecule has 3 nitrogen and oxygen atoms in total. The molecule has 0 saturated heterocycles. The average Bonchev–Trinajstić information content (AvgIpc) is 2.20. The van der Waals surface area contributed by atoms with Crippen molar-refractivity contribution in [1.29, 1.82) is 0 Å². The monoisotopic (exact) mass is 247 g/mol. The molecule has 0 spiro atoms. The van der Waals surface area contributed by atoms with E-state index in [-0.39, 0.29) is 18.7 Å². The van der Waals surface area contributed by atoms with Crippen LogP contribution in [0.15, 0.2) is 23.1 Å². The van der Waals surface area contributed by atoms with Crippen molar-refractivity contribution in [2.75, 3.05) is 0 Å². The normalized spacial score (nSPS) is 11.5. The lowest BCUT2D eigenvalue weighted by molar-refractivity contribution is -0.138. The molecule has 0 bridgehead atoms. The van der Waals surface area contributed by atoms with Crippen LogP contribution in [-0.4, -0.2) is 10.4 Å². The Labute approximate surface area is 95.9 Å². The van der Waals surface area contributed by atoms with Crippen LogP contribution < -0.4 is 5.56 Å². The van der Waals surface area contributed by atoms with Crippen molar-refractivity contribution in [3.63, 3.8) is 0 Å². The maximum atomic E-state index is 12.4. The van der Waals surface area contributed by atoms with Gasteiger partial charge in [0.1, 0.15) is 0 Å². The summed E-state index contributed by atoms with van der Waals surface area (Å²) in [5.74, 6) is -0.256. The van der Waals surface area contributed by atoms with E-state index in [9.17, 15) is 22.8 Å². The Kier molecular flexibility index (Phi) is 4.09. The van der Waals surface area contributed by atoms with E-state index in [0.717, 1.165) is 10.6 Å². The second kappa shape index (κ2) is 5.16. The number of hydrogen-bond acceptors (Lipinski definition) is 2. The third kappa shape index (κ3) is 3.72. The fourth-order valence-corrected chi connectivity index (χ4v) is 1.37. The molecule has 94 valence electrons. The number of carbonyl (C=O) groups is 1. The smallest absolute Gasteiger partial charge is 0.307 e. The van der Waals surface area contributed by atoms with E-state index in [4.69, 9.17) is 0 Å². The molecule has 0 aromatic carbocycles. The third-order valence-corrected chi connectivity index (χ3v) is 2.19. The van der Waals surface area contributed by atoms with Gasteiger partial charge in [0.15, 0.2) is 5.78 Å². The fraction of sp³-hybridized carbons (Fsp3) is 0.455. The third-order valence-electron chi connectivity index (χ3n) is 2.19. The van der Waals surface area contributed by atoms with Crippen molar-refractivity contribution < 1.29 is 18.0 Å². The molecule has 6 heteroatoms. The first kappa shape index (κ1) is 13.5. The Bertz CT molecular complexity index is 463. The molecule has 0 radical (unpaired) electrons. The summed E-state index contributed by atoms with van der Waals surface area (Å²) in [6.45, 7) is 1.48. The molecule has 0 aliphatic carbocycles. The van der Waals surface area contributed by atoms with Crippen molar-refractivity contribution in [3.05, 3.63) is 34.2 Å². The molecule has 17 heavy (non-hydrogen) atoms. The van der Waals surface area contributed by atoms with Gasteiger partial charge in [-0.3, -0.25) is 9.59 Å². The lowest BCUT2D eigenvalue weighted by Crippen LogP contribution is -2.24. The molecule has 0 saturated carbocycles. The number of halogens is 3. The number of alkyl halides is 3. The topological polar surface area (TPSA) is 39.1 Å². The minimum atomic E-state index is -4.51. The van der Waals surface area contributed by atoms with Gasteiger partial charge in [0, 0.05) is 18.7 Å². The average molecular weight is 247 g/mol. The van der Waals surface area contributed by atoms with Gasteiger partial charge in [-0.15, -0.1) is 0 Å². The minimum Gasteiger partial charge on any atom is -0.307 e. The Balaban J connectivity index is 2.99. The van der Waals surface area contributed by atoms with Gasteiger partial charge in [0.05, 0.1) is 12.1 Å². The molecule has 0 atom stereocenters. The zero-order chi connectivity index (χ0) is 13.1. The predicted molar refractivity (Wildman–Crippen MR) is 55.6 cm³/mol. The Morgan fingerprint density at radius 1 is 1.35 bits per heavy atom. The molecule has 1 rings (SSSR count). The Morgan fingerprint density at radius 3 is 2.53 bits per heavy atom. The van der Waals surface area contributed by atoms with Gasteiger partial charge >= 0.3 is 6.18 Å². The van der Waals surface area contributed by atoms with Gasteiger partial charge < -0.3 is 4.57 Å². The van der Waals surface area contributed by atoms with Crippen LogP contribution in [0, 0.1) is 0 Å². The van der Waals surface area contributed by atoms with Gasteiger partial charge in [-0.1, -0.05) is 6.92 Å². The molecule has 0 amide bonds. The Morgan fingerprint density at radius 2 is 2.00 bits per heavy atom. The molecule has 1 aromatic heterocycles. The highest BCUT2D eigenvalue weighted by Gasteiger charge is 2.31. The summed E-state index contributed by atoms with van der Waals surface area (Å²) < 4.78 is 37.9. The SMILES string of the molecule is CCCC(=O)Cn1cc(C(F)(F)F)ccc1=O. The Hall–Kier alpha value is -1.59. The molecule has 0 N–H and O–H groups in total. The van der Waals surface area contributed by atoms with Crippen LogP contribution >= 0.6 is 0 Å². The summed E-state index contributed by atoms with van der Waals surface area (Å²) in [7, 11) is 0. The first-order valence-corrected chi connectivity index (χ1v) is 5.14. The summed E-state index contributed by atoms with van der Waals surface area (Å²) >= 11 is 0. The minimum absolute atomic E-state index is 0.253. The van der Waals surface area contributed by atoms with Gasteiger partial charge in [0.2, 0.25) is 0 Å². The van der Waals surface area contributed by atoms with Crippen LogP contribution in [0.4, 0.5) is 13.2 Å². The highest BCUT2D eigenvalue weighted by Crippen LogP contribution is 2.27. The quantitative estimate of drug-likeness (QED) is 0.818. The lowest BCUT2D eigenvalue weighted by atomic mass is 10.2. The molecular weight excluding hydrogens is 235 g/mol. The van der Waals surface area contributed by atoms with Gasteiger partial charge in [-0.2, -0.15) is 13.2 Å². The summed E-state index contributed by atoms with van der Waals surface area (Å²) in [6.07, 6.45) is -2.98. The zero-order valence-electron chi connectivity index (χ0n) is 9.25. The number of hydrogen-bond donors (Lipinski definition) is 0. The number of Topliss-reactive ketones (excluding diaryl/α,β-unsaturated/α-hetero) is 1. The van der Waals surface area contributed by atoms with E-state index < -0.39 is 17.3 Å². The first-order valence-electron chi connectivity index (χ1n) is 5.14. The van der Waals surface area contributed by atoms with Crippen molar-refractivity contribution >= 4 is 5.78 Å². The first-order chi connectivity index (χ1) is 7.84. The van der Waals surface area contributed by atoms with Crippen LogP contribution in [0.1, 0.15) is 25.3 Å². The van der Waals surface area contributed by atoms with E-state index in [0.29, 0.717) is 18.7 Å². The van der Waals surface area contributed by atoms with Crippen LogP contribution in [0.25, 0.3) is 0 Å². The summed E-state index contributed by atoms with van der Waals surface area (Å²) in [4.78, 5) is 22.6. The van der Waals surface area contributed by atoms with Crippen LogP contribution in [-0.2, 0) is 17.5 Å². The highest BCUT2D eigenvalue weighted by atomic mass is 19.4. The fourth-order valence-electron chi connectivity index (χ4n) is 1.37. The van der Waals surface area contributed by atoms with Crippen LogP contribution in [0.3, 0.4) is 0 Å². The van der Waals surface area contributed by atoms with E-state index in [1.807, 2.05) is 0 Å². The highest BCUT2D eigenvalue weighted by molar-refractivity contribution is 5.78. The number of pyridine rings is 1. The standard InChI is InChI=1S/C11H12F3NO2/c1-2-3-9(16)7-15-6-8(11(12,13)14)4-5-10(15)17/h4-6H,2-3,7H2,1H3. The van der Waals surface area contributed by atoms with Crippen molar-refractivity contribution in [2.24, 2.45) is 0 Å². The largest absolute Gasteiger partial charge is 0.417 e. The maximum absolute atomic E-state index is 12.4. The molecular formula is C11H12F3NO2. The summed E-state index contributed by atoms with van der Waals surface area (Å²) in [5.41, 5.74) is -1.54. The van der Waals surface area contributed by atoms with Gasteiger partial charge in [0.25, 0.3) is 5.56 Å². The van der Waals surface area contributed by atoms with Crippen molar-refractivity contribution in [3.8, 4) is 0 Å². The molecule has 0 aliphatic rings. The summed E-state index contributed by atoms with van der Waals surface area (Å²) in [6, 6.07) is 1.53. The van der Waals surface area contributed by atoms with Crippen molar-refractivity contribution in [1.82, 2.24) is 4.57 Å². The van der Waals surface area contributed by atoms with Crippen molar-refractivity contribution in [2.45, 2.75) is 32.5 Å². The zero-order valence-corrected chi connectivity index (χ0v) is 9.25. The van der Waals surface area contributed by atoms with E-state index in [1.165, 1.54) is 0 Å². The molecule has 0 fully saturated rings. The number of nitrogens with zero attached hydrogens (tertiary/aromatic N) is 1. The summed E-state index contributed by atoms with van der Waals surface area (Å²) in [5, 5.41) is 0. The molecule has 0 aliphatic heterocycles. The second-order valence-electron chi connectivity index (χ2n) is 3.67. The predicted octanol–water partition coefficient (Wildman–Crippen LogP) is 2.24. The van der Waals surface area contributed by atoms with E-state index >= 15 is 0 Å². The van der Waals surface area contributed by atoms with Gasteiger partial charge in [-0.25, -0.2) is 0 Å². The van der Waals surface area contributed by atoms with Crippen LogP contribution in [0.2, 0.25) is 0 Å². The lowest BCUT2D eigenvalue weighted by Gasteiger charge is -2.09. The maximum Gasteiger partial charge on any atom is 0.417 e. The molecule has 1 aromatic rings. The van der Waals surface area contributed by atoms with Crippen LogP contribution in [0.5, 0.6) is 0 Å². The van der Waals surface area contributed by atoms with E-state index in [1.54, 1.807) is 6.92 Å². The van der Waals surface area contributed by atoms with Gasteiger partial charge in [-0.05, 0) is 12.5 Å².